The fourth-order valence-electron chi connectivity index (χ4n) is 1.85. The minimum Gasteiger partial charge on any atom is -0.303 e. The largest absolute Gasteiger partial charge is 0.303 e. The van der Waals surface area contributed by atoms with E-state index in [2.05, 4.69) is 52.7 Å². The van der Waals surface area contributed by atoms with Crippen LogP contribution in [0.4, 0.5) is 0 Å². The third kappa shape index (κ3) is 1.21. The van der Waals surface area contributed by atoms with Crippen LogP contribution < -0.4 is 0 Å². The molecule has 1 heterocycles. The van der Waals surface area contributed by atoms with Crippen molar-refractivity contribution in [2.24, 2.45) is 0 Å². The Morgan fingerprint density at radius 2 is 2.07 bits per heavy atom. The number of fused-ring (bicyclic) bond motifs is 1. The summed E-state index contributed by atoms with van der Waals surface area (Å²) >= 11 is 0. The van der Waals surface area contributed by atoms with Crippen molar-refractivity contribution in [1.29, 1.82) is 0 Å². The topological polar surface area (TPSA) is 4.93 Å². The smallest absolute Gasteiger partial charge is 0.0312 e. The van der Waals surface area contributed by atoms with Crippen LogP contribution in [0, 0.1) is 0 Å². The third-order valence-electron chi connectivity index (χ3n) is 2.55. The van der Waals surface area contributed by atoms with Gasteiger partial charge in [-0.15, -0.1) is 0 Å². The van der Waals surface area contributed by atoms with Crippen molar-refractivity contribution in [2.75, 3.05) is 0 Å². The fourth-order valence-corrected chi connectivity index (χ4v) is 2.58. The first-order valence-corrected chi connectivity index (χ1v) is 5.63. The second kappa shape index (κ2) is 3.11. The van der Waals surface area contributed by atoms with Gasteiger partial charge in [0.05, 0.1) is 0 Å². The molecule has 68 valence electrons. The second-order valence-electron chi connectivity index (χ2n) is 3.46. The Labute approximate surface area is 84.9 Å². The van der Waals surface area contributed by atoms with E-state index in [1.807, 2.05) is 0 Å². The maximum absolute atomic E-state index is 2.28. The Hall–Kier alpha value is -1.33. The molecule has 0 N–H and O–H groups in total. The van der Waals surface area contributed by atoms with E-state index in [9.17, 15) is 0 Å². The van der Waals surface area contributed by atoms with Gasteiger partial charge in [0.25, 0.3) is 0 Å². The summed E-state index contributed by atoms with van der Waals surface area (Å²) < 4.78 is 2.28. The summed E-state index contributed by atoms with van der Waals surface area (Å²) in [6.07, 6.45) is 5.49. The van der Waals surface area contributed by atoms with E-state index in [0.717, 1.165) is 6.42 Å². The Kier molecular flexibility index (Phi) is 1.78. The zero-order chi connectivity index (χ0) is 9.38. The highest BCUT2D eigenvalue weighted by molar-refractivity contribution is 7.25. The zero-order valence-corrected chi connectivity index (χ0v) is 8.61. The molecule has 0 radical (unpaired) electrons. The Balaban J connectivity index is 2.04. The van der Waals surface area contributed by atoms with Gasteiger partial charge in [-0.05, 0) is 29.1 Å². The first-order chi connectivity index (χ1) is 6.93. The standard InChI is InChI=1S/C12H10NP/c1-2-5-11-9-12(8-10(11)4-1)13-6-3-7-14-13/h1-8H,9H2. The molecule has 1 aromatic carbocycles. The van der Waals surface area contributed by atoms with Crippen LogP contribution in [0.5, 0.6) is 0 Å². The molecule has 1 aliphatic carbocycles. The van der Waals surface area contributed by atoms with E-state index in [1.54, 1.807) is 0 Å². The molecule has 2 aromatic rings. The highest BCUT2D eigenvalue weighted by Gasteiger charge is 2.12. The molecule has 0 spiro atoms. The summed E-state index contributed by atoms with van der Waals surface area (Å²) in [6, 6.07) is 10.7. The number of rotatable bonds is 1. The molecule has 0 saturated heterocycles. The molecule has 1 aliphatic rings. The van der Waals surface area contributed by atoms with Gasteiger partial charge in [-0.3, -0.25) is 0 Å². The van der Waals surface area contributed by atoms with Crippen LogP contribution in [0.15, 0.2) is 42.3 Å². The number of hydrogen-bond acceptors (Lipinski definition) is 0. The fraction of sp³-hybridized carbons (Fsp3) is 0.0833. The van der Waals surface area contributed by atoms with Gasteiger partial charge in [0.15, 0.2) is 0 Å². The maximum Gasteiger partial charge on any atom is 0.0312 e. The van der Waals surface area contributed by atoms with Gasteiger partial charge in [0, 0.05) is 26.7 Å². The van der Waals surface area contributed by atoms with Crippen LogP contribution in [-0.2, 0) is 6.42 Å². The summed E-state index contributed by atoms with van der Waals surface area (Å²) in [5, 5.41) is 0. The second-order valence-corrected chi connectivity index (χ2v) is 4.42. The molecule has 1 aromatic heterocycles. The van der Waals surface area contributed by atoms with Gasteiger partial charge in [0.1, 0.15) is 0 Å². The maximum atomic E-state index is 2.28. The van der Waals surface area contributed by atoms with Crippen LogP contribution in [0.2, 0.25) is 0 Å². The third-order valence-corrected chi connectivity index (χ3v) is 3.49. The molecule has 0 fully saturated rings. The van der Waals surface area contributed by atoms with Crippen LogP contribution in [0.1, 0.15) is 11.1 Å². The predicted octanol–water partition coefficient (Wildman–Crippen LogP) is 3.62. The van der Waals surface area contributed by atoms with E-state index in [4.69, 9.17) is 0 Å². The van der Waals surface area contributed by atoms with Gasteiger partial charge in [-0.25, -0.2) is 0 Å². The van der Waals surface area contributed by atoms with Crippen LogP contribution in [-0.4, -0.2) is 4.33 Å². The predicted molar refractivity (Wildman–Crippen MR) is 61.3 cm³/mol. The summed E-state index contributed by atoms with van der Waals surface area (Å²) in [4.78, 5) is 0. The quantitative estimate of drug-likeness (QED) is 0.661. The minimum absolute atomic E-state index is 1.07. The molecule has 0 aliphatic heterocycles. The number of benzene rings is 1. The normalized spacial score (nSPS) is 14.4. The lowest BCUT2D eigenvalue weighted by atomic mass is 10.1. The number of aromatic nitrogens is 1. The Morgan fingerprint density at radius 3 is 2.86 bits per heavy atom. The van der Waals surface area contributed by atoms with E-state index in [-0.39, 0.29) is 0 Å². The monoisotopic (exact) mass is 199 g/mol. The number of hydrogen-bond donors (Lipinski definition) is 0. The number of nitrogens with zero attached hydrogens (tertiary/aromatic N) is 1. The highest BCUT2D eigenvalue weighted by atomic mass is 31.0. The lowest BCUT2D eigenvalue weighted by molar-refractivity contribution is 1.15. The van der Waals surface area contributed by atoms with Gasteiger partial charge < -0.3 is 4.33 Å². The Morgan fingerprint density at radius 1 is 1.14 bits per heavy atom. The summed E-state index contributed by atoms with van der Waals surface area (Å²) in [6.45, 7) is 0. The molecule has 0 atom stereocenters. The van der Waals surface area contributed by atoms with Crippen LogP contribution in [0.3, 0.4) is 0 Å². The summed E-state index contributed by atoms with van der Waals surface area (Å²) in [7, 11) is 1.26. The molecule has 0 unspecified atom stereocenters. The average Bonchev–Trinajstić information content (AvgIpc) is 2.86. The highest BCUT2D eigenvalue weighted by Crippen LogP contribution is 2.29. The van der Waals surface area contributed by atoms with Gasteiger partial charge in [0.2, 0.25) is 0 Å². The first-order valence-electron chi connectivity index (χ1n) is 4.72. The van der Waals surface area contributed by atoms with E-state index < -0.39 is 0 Å². The lowest BCUT2D eigenvalue weighted by Crippen LogP contribution is -1.89. The van der Waals surface area contributed by atoms with Crippen molar-refractivity contribution in [3.63, 3.8) is 0 Å². The van der Waals surface area contributed by atoms with E-state index in [1.165, 1.54) is 25.2 Å². The molecule has 2 heteroatoms. The van der Waals surface area contributed by atoms with Gasteiger partial charge in [-0.1, -0.05) is 24.3 Å². The van der Waals surface area contributed by atoms with Gasteiger partial charge >= 0.3 is 0 Å². The molecular weight excluding hydrogens is 189 g/mol. The first kappa shape index (κ1) is 8.02. The van der Waals surface area contributed by atoms with Crippen molar-refractivity contribution in [1.82, 2.24) is 4.33 Å². The van der Waals surface area contributed by atoms with Crippen molar-refractivity contribution in [3.05, 3.63) is 53.5 Å². The molecule has 3 rings (SSSR count). The van der Waals surface area contributed by atoms with Gasteiger partial charge in [-0.2, -0.15) is 0 Å². The minimum atomic E-state index is 1.07. The molecular formula is C12H10NP. The molecule has 0 bridgehead atoms. The van der Waals surface area contributed by atoms with Crippen LogP contribution in [0.25, 0.3) is 11.8 Å². The van der Waals surface area contributed by atoms with E-state index >= 15 is 0 Å². The van der Waals surface area contributed by atoms with Crippen molar-refractivity contribution < 1.29 is 0 Å². The van der Waals surface area contributed by atoms with Crippen LogP contribution >= 0.6 is 8.35 Å². The van der Waals surface area contributed by atoms with Crippen molar-refractivity contribution in [3.8, 4) is 0 Å². The molecule has 1 nitrogen and oxygen atoms in total. The number of allylic oxidation sites excluding steroid dienone is 1. The lowest BCUT2D eigenvalue weighted by Gasteiger charge is -2.01. The zero-order valence-electron chi connectivity index (χ0n) is 7.72. The summed E-state index contributed by atoms with van der Waals surface area (Å²) in [5.41, 5.74) is 4.22. The Bertz CT molecular complexity index is 483. The molecule has 0 saturated carbocycles. The SMILES string of the molecule is C1=C(n2cccp2)Cc2ccccc21. The average molecular weight is 199 g/mol. The molecule has 14 heavy (non-hydrogen) atoms. The van der Waals surface area contributed by atoms with Crippen molar-refractivity contribution in [2.45, 2.75) is 6.42 Å². The van der Waals surface area contributed by atoms with Crippen molar-refractivity contribution >= 4 is 20.1 Å². The summed E-state index contributed by atoms with van der Waals surface area (Å²) in [5.74, 6) is 2.16. The van der Waals surface area contributed by atoms with E-state index in [0.29, 0.717) is 0 Å². The molecule has 0 amide bonds.